The first-order valence-electron chi connectivity index (χ1n) is 6.78. The van der Waals surface area contributed by atoms with E-state index in [0.717, 1.165) is 31.0 Å². The molecule has 0 aliphatic carbocycles. The Morgan fingerprint density at radius 1 is 1.42 bits per heavy atom. The van der Waals surface area contributed by atoms with Gasteiger partial charge >= 0.3 is 0 Å². The van der Waals surface area contributed by atoms with Crippen LogP contribution in [0, 0.1) is 0 Å². The smallest absolute Gasteiger partial charge is 0.265 e. The summed E-state index contributed by atoms with van der Waals surface area (Å²) < 4.78 is 6.24. The van der Waals surface area contributed by atoms with Gasteiger partial charge in [0.15, 0.2) is 0 Å². The van der Waals surface area contributed by atoms with E-state index in [1.165, 1.54) is 6.42 Å². The van der Waals surface area contributed by atoms with Crippen LogP contribution in [-0.2, 0) is 16.6 Å². The molecule has 1 aliphatic heterocycles. The maximum absolute atomic E-state index is 12.0. The van der Waals surface area contributed by atoms with Crippen molar-refractivity contribution in [3.05, 3.63) is 26.3 Å². The van der Waals surface area contributed by atoms with Crippen molar-refractivity contribution < 1.29 is 4.74 Å². The van der Waals surface area contributed by atoms with Crippen molar-refractivity contribution in [1.82, 2.24) is 9.97 Å². The number of nitrogens with one attached hydrogen (secondary N) is 1. The minimum absolute atomic E-state index is 0.106. The van der Waals surface area contributed by atoms with Crippen molar-refractivity contribution in [1.29, 1.82) is 0 Å². The van der Waals surface area contributed by atoms with E-state index in [9.17, 15) is 4.79 Å². The van der Waals surface area contributed by atoms with Gasteiger partial charge in [-0.3, -0.25) is 4.79 Å². The lowest BCUT2D eigenvalue weighted by Gasteiger charge is -2.23. The molecule has 1 aromatic rings. The molecule has 0 aromatic carbocycles. The Balaban J connectivity index is 2.26. The fraction of sp³-hybridized carbons (Fsp3) is 0.714. The zero-order chi connectivity index (χ0) is 14.0. The monoisotopic (exact) mass is 328 g/mol. The number of nitrogens with zero attached hydrogens (tertiary/aromatic N) is 1. The van der Waals surface area contributed by atoms with Gasteiger partial charge < -0.3 is 9.72 Å². The molecule has 1 aromatic heterocycles. The topological polar surface area (TPSA) is 55.0 Å². The number of aromatic amines is 1. The quantitative estimate of drug-likeness (QED) is 0.908. The average Bonchev–Trinajstić information content (AvgIpc) is 2.33. The molecule has 1 aliphatic rings. The summed E-state index contributed by atoms with van der Waals surface area (Å²) in [5.41, 5.74) is 0.544. The van der Waals surface area contributed by atoms with Gasteiger partial charge in [0.1, 0.15) is 10.3 Å². The molecule has 0 saturated carbocycles. The Kier molecular flexibility index (Phi) is 4.46. The molecule has 2 rings (SSSR count). The lowest BCUT2D eigenvalue weighted by atomic mass is 9.92. The zero-order valence-corrected chi connectivity index (χ0v) is 13.3. The lowest BCUT2D eigenvalue weighted by molar-refractivity contribution is 0.0155. The summed E-state index contributed by atoms with van der Waals surface area (Å²) in [6.45, 7) is 6.98. The first-order valence-corrected chi connectivity index (χ1v) is 7.58. The normalized spacial score (nSPS) is 20.5. The fourth-order valence-corrected chi connectivity index (χ4v) is 3.07. The van der Waals surface area contributed by atoms with E-state index in [-0.39, 0.29) is 17.1 Å². The summed E-state index contributed by atoms with van der Waals surface area (Å²) in [6.07, 6.45) is 4.24. The molecule has 0 amide bonds. The lowest BCUT2D eigenvalue weighted by Crippen LogP contribution is -2.27. The summed E-state index contributed by atoms with van der Waals surface area (Å²) in [7, 11) is 0. The van der Waals surface area contributed by atoms with Crippen LogP contribution < -0.4 is 5.56 Å². The van der Waals surface area contributed by atoms with E-state index in [1.807, 2.05) is 0 Å². The van der Waals surface area contributed by atoms with Gasteiger partial charge in [0.05, 0.1) is 11.8 Å². The van der Waals surface area contributed by atoms with E-state index >= 15 is 0 Å². The molecule has 106 valence electrons. The molecule has 1 unspecified atom stereocenters. The van der Waals surface area contributed by atoms with Gasteiger partial charge in [-0.15, -0.1) is 0 Å². The third-order valence-corrected chi connectivity index (χ3v) is 4.05. The second kappa shape index (κ2) is 5.75. The SMILES string of the molecule is CC(C)(C)c1nc(CC2CCCCO2)[nH]c(=O)c1Br. The number of hydrogen-bond acceptors (Lipinski definition) is 3. The molecule has 19 heavy (non-hydrogen) atoms. The standard InChI is InChI=1S/C14H21BrN2O2/c1-14(2,3)12-11(15)13(18)17-10(16-12)8-9-6-4-5-7-19-9/h9H,4-8H2,1-3H3,(H,16,17,18). The Morgan fingerprint density at radius 2 is 2.16 bits per heavy atom. The third-order valence-electron chi connectivity index (χ3n) is 3.32. The molecule has 0 spiro atoms. The van der Waals surface area contributed by atoms with Crippen molar-refractivity contribution in [3.63, 3.8) is 0 Å². The maximum Gasteiger partial charge on any atom is 0.265 e. The molecule has 4 nitrogen and oxygen atoms in total. The minimum Gasteiger partial charge on any atom is -0.378 e. The molecular formula is C14H21BrN2O2. The summed E-state index contributed by atoms with van der Waals surface area (Å²) in [4.78, 5) is 19.4. The zero-order valence-electron chi connectivity index (χ0n) is 11.8. The van der Waals surface area contributed by atoms with E-state index in [0.29, 0.717) is 10.9 Å². The predicted octanol–water partition coefficient (Wildman–Crippen LogP) is 2.94. The Bertz CT molecular complexity index is 499. The molecule has 1 saturated heterocycles. The van der Waals surface area contributed by atoms with E-state index < -0.39 is 0 Å². The predicted molar refractivity (Wildman–Crippen MR) is 78.6 cm³/mol. The molecule has 5 heteroatoms. The number of ether oxygens (including phenoxy) is 1. The molecule has 2 heterocycles. The van der Waals surface area contributed by atoms with Crippen LogP contribution in [0.1, 0.15) is 51.6 Å². The van der Waals surface area contributed by atoms with Crippen LogP contribution in [-0.4, -0.2) is 22.7 Å². The number of halogens is 1. The van der Waals surface area contributed by atoms with Crippen LogP contribution in [0.3, 0.4) is 0 Å². The van der Waals surface area contributed by atoms with Crippen molar-refractivity contribution in [2.45, 2.75) is 58.0 Å². The highest BCUT2D eigenvalue weighted by molar-refractivity contribution is 9.10. The maximum atomic E-state index is 12.0. The Hall–Kier alpha value is -0.680. The van der Waals surface area contributed by atoms with Crippen LogP contribution in [0.5, 0.6) is 0 Å². The van der Waals surface area contributed by atoms with Crippen molar-refractivity contribution >= 4 is 15.9 Å². The second-order valence-electron chi connectivity index (χ2n) is 6.12. The number of hydrogen-bond donors (Lipinski definition) is 1. The van der Waals surface area contributed by atoms with Gasteiger partial charge in [-0.25, -0.2) is 4.98 Å². The first kappa shape index (κ1) is 14.7. The molecule has 1 N–H and O–H groups in total. The summed E-state index contributed by atoms with van der Waals surface area (Å²) in [5, 5.41) is 0. The highest BCUT2D eigenvalue weighted by Gasteiger charge is 2.23. The molecule has 0 radical (unpaired) electrons. The summed E-state index contributed by atoms with van der Waals surface area (Å²) in [6, 6.07) is 0. The van der Waals surface area contributed by atoms with E-state index in [2.05, 4.69) is 46.7 Å². The van der Waals surface area contributed by atoms with Gasteiger partial charge in [-0.2, -0.15) is 0 Å². The summed E-state index contributed by atoms with van der Waals surface area (Å²) in [5.74, 6) is 0.727. The highest BCUT2D eigenvalue weighted by Crippen LogP contribution is 2.25. The highest BCUT2D eigenvalue weighted by atomic mass is 79.9. The average molecular weight is 329 g/mol. The number of rotatable bonds is 2. The molecule has 1 fully saturated rings. The number of H-pyrrole nitrogens is 1. The van der Waals surface area contributed by atoms with Crippen molar-refractivity contribution in [3.8, 4) is 0 Å². The Labute approximate surface area is 122 Å². The number of aromatic nitrogens is 2. The summed E-state index contributed by atoms with van der Waals surface area (Å²) >= 11 is 3.34. The van der Waals surface area contributed by atoms with Crippen LogP contribution in [0.4, 0.5) is 0 Å². The van der Waals surface area contributed by atoms with E-state index in [4.69, 9.17) is 4.74 Å². The fourth-order valence-electron chi connectivity index (χ4n) is 2.28. The first-order chi connectivity index (χ1) is 8.88. The van der Waals surface area contributed by atoms with Crippen molar-refractivity contribution in [2.24, 2.45) is 0 Å². The van der Waals surface area contributed by atoms with Crippen LogP contribution >= 0.6 is 15.9 Å². The molecular weight excluding hydrogens is 308 g/mol. The van der Waals surface area contributed by atoms with Gasteiger partial charge in [0.25, 0.3) is 5.56 Å². The second-order valence-corrected chi connectivity index (χ2v) is 6.91. The van der Waals surface area contributed by atoms with Crippen molar-refractivity contribution in [2.75, 3.05) is 6.61 Å². The van der Waals surface area contributed by atoms with E-state index in [1.54, 1.807) is 0 Å². The Morgan fingerprint density at radius 3 is 2.74 bits per heavy atom. The van der Waals surface area contributed by atoms with Crippen LogP contribution in [0.15, 0.2) is 9.27 Å². The van der Waals surface area contributed by atoms with Crippen LogP contribution in [0.25, 0.3) is 0 Å². The molecule has 0 bridgehead atoms. The largest absolute Gasteiger partial charge is 0.378 e. The minimum atomic E-state index is -0.157. The van der Waals surface area contributed by atoms with Gasteiger partial charge in [0, 0.05) is 18.4 Å². The third kappa shape index (κ3) is 3.66. The van der Waals surface area contributed by atoms with Gasteiger partial charge in [0.2, 0.25) is 0 Å². The van der Waals surface area contributed by atoms with Crippen LogP contribution in [0.2, 0.25) is 0 Å². The molecule has 1 atom stereocenters. The van der Waals surface area contributed by atoms with Gasteiger partial charge in [-0.1, -0.05) is 20.8 Å². The van der Waals surface area contributed by atoms with Gasteiger partial charge in [-0.05, 0) is 35.2 Å².